The second kappa shape index (κ2) is 8.76. The van der Waals surface area contributed by atoms with E-state index < -0.39 is 28.4 Å². The molecule has 0 radical (unpaired) electrons. The highest BCUT2D eigenvalue weighted by Gasteiger charge is 2.34. The van der Waals surface area contributed by atoms with Crippen LogP contribution in [0, 0.1) is 13.8 Å². The van der Waals surface area contributed by atoms with E-state index in [4.69, 9.17) is 0 Å². The van der Waals surface area contributed by atoms with Crippen molar-refractivity contribution in [2.75, 3.05) is 42.1 Å². The fraction of sp³-hybridized carbons (Fsp3) is 0.474. The average Bonchev–Trinajstić information content (AvgIpc) is 2.67. The van der Waals surface area contributed by atoms with Crippen LogP contribution in [0.15, 0.2) is 30.3 Å². The molecule has 0 atom stereocenters. The molecule has 0 amide bonds. The number of halogens is 3. The predicted octanol–water partition coefficient (Wildman–Crippen LogP) is 3.24. The number of anilines is 3. The van der Waals surface area contributed by atoms with Gasteiger partial charge in [0.15, 0.2) is 0 Å². The highest BCUT2D eigenvalue weighted by atomic mass is 32.2. The van der Waals surface area contributed by atoms with Gasteiger partial charge in [-0.25, -0.2) is 13.4 Å². The number of piperazine rings is 1. The molecule has 1 fully saturated rings. The molecule has 0 spiro atoms. The predicted molar refractivity (Wildman–Crippen MR) is 109 cm³/mol. The molecular weight excluding hydrogens is 419 g/mol. The summed E-state index contributed by atoms with van der Waals surface area (Å²) in [6, 6.07) is 9.58. The summed E-state index contributed by atoms with van der Waals surface area (Å²) in [7, 11) is -3.94. The summed E-state index contributed by atoms with van der Waals surface area (Å²) in [5, 5.41) is 3.15. The first-order valence-corrected chi connectivity index (χ1v) is 11.1. The van der Waals surface area contributed by atoms with Crippen LogP contribution in [0.4, 0.5) is 30.6 Å². The van der Waals surface area contributed by atoms with E-state index in [-0.39, 0.29) is 13.1 Å². The summed E-state index contributed by atoms with van der Waals surface area (Å²) in [4.78, 5) is 10.8. The second-order valence-corrected chi connectivity index (χ2v) is 9.34. The van der Waals surface area contributed by atoms with Crippen molar-refractivity contribution in [1.29, 1.82) is 0 Å². The Hall–Kier alpha value is -2.40. The Balaban J connectivity index is 1.65. The molecule has 1 aliphatic heterocycles. The summed E-state index contributed by atoms with van der Waals surface area (Å²) < 4.78 is 62.6. The minimum absolute atomic E-state index is 0.115. The van der Waals surface area contributed by atoms with E-state index in [9.17, 15) is 21.6 Å². The Morgan fingerprint density at radius 1 is 1.03 bits per heavy atom. The monoisotopic (exact) mass is 443 g/mol. The van der Waals surface area contributed by atoms with Crippen molar-refractivity contribution in [3.63, 3.8) is 0 Å². The Bertz CT molecular complexity index is 973. The van der Waals surface area contributed by atoms with Crippen LogP contribution in [0.1, 0.15) is 17.7 Å². The summed E-state index contributed by atoms with van der Waals surface area (Å²) in [5.41, 5.74) is 2.72. The Labute approximate surface area is 174 Å². The third kappa shape index (κ3) is 6.05. The van der Waals surface area contributed by atoms with Gasteiger partial charge in [0.2, 0.25) is 16.0 Å². The van der Waals surface area contributed by atoms with Crippen LogP contribution >= 0.6 is 0 Å². The van der Waals surface area contributed by atoms with Gasteiger partial charge < -0.3 is 10.2 Å². The number of rotatable bonds is 6. The minimum Gasteiger partial charge on any atom is -0.354 e. The third-order valence-corrected chi connectivity index (χ3v) is 6.62. The zero-order valence-corrected chi connectivity index (χ0v) is 17.6. The largest absolute Gasteiger partial charge is 0.390 e. The standard InChI is InChI=1S/C19H24F3N5O2S/c1-14-3-5-16(6-4-14)24-18-23-15(2)13-17(25-18)26-8-10-27(11-9-26)30(28,29)12-7-19(20,21)22/h3-6,13H,7-12H2,1-2H3,(H,23,24,25). The third-order valence-electron chi connectivity index (χ3n) is 4.75. The summed E-state index contributed by atoms with van der Waals surface area (Å²) in [5.74, 6) is 0.145. The van der Waals surface area contributed by atoms with E-state index >= 15 is 0 Å². The molecule has 1 N–H and O–H groups in total. The summed E-state index contributed by atoms with van der Waals surface area (Å²) in [6.07, 6.45) is -5.83. The topological polar surface area (TPSA) is 78.4 Å². The van der Waals surface area contributed by atoms with E-state index in [1.165, 1.54) is 0 Å². The molecule has 30 heavy (non-hydrogen) atoms. The summed E-state index contributed by atoms with van der Waals surface area (Å²) in [6.45, 7) is 4.74. The van der Waals surface area contributed by atoms with E-state index in [2.05, 4.69) is 15.3 Å². The lowest BCUT2D eigenvalue weighted by atomic mass is 10.2. The maximum Gasteiger partial charge on any atom is 0.390 e. The van der Waals surface area contributed by atoms with Gasteiger partial charge >= 0.3 is 6.18 Å². The van der Waals surface area contributed by atoms with Gasteiger partial charge in [0, 0.05) is 43.6 Å². The van der Waals surface area contributed by atoms with Crippen LogP contribution in [0.3, 0.4) is 0 Å². The Morgan fingerprint density at radius 2 is 1.67 bits per heavy atom. The number of nitrogens with zero attached hydrogens (tertiary/aromatic N) is 4. The van der Waals surface area contributed by atoms with Gasteiger partial charge in [-0.05, 0) is 26.0 Å². The molecule has 0 saturated carbocycles. The Morgan fingerprint density at radius 3 is 2.27 bits per heavy atom. The molecule has 0 unspecified atom stereocenters. The van der Waals surface area contributed by atoms with E-state index in [1.807, 2.05) is 43.0 Å². The number of aryl methyl sites for hydroxylation is 2. The van der Waals surface area contributed by atoms with E-state index in [1.54, 1.807) is 6.07 Å². The van der Waals surface area contributed by atoms with Crippen molar-refractivity contribution in [2.45, 2.75) is 26.4 Å². The first-order chi connectivity index (χ1) is 14.0. The molecule has 0 bridgehead atoms. The highest BCUT2D eigenvalue weighted by molar-refractivity contribution is 7.89. The van der Waals surface area contributed by atoms with Crippen molar-refractivity contribution in [2.24, 2.45) is 0 Å². The summed E-state index contributed by atoms with van der Waals surface area (Å²) >= 11 is 0. The van der Waals surface area contributed by atoms with Crippen LogP contribution in [-0.4, -0.2) is 60.8 Å². The fourth-order valence-electron chi connectivity index (χ4n) is 3.10. The normalized spacial score (nSPS) is 16.0. The highest BCUT2D eigenvalue weighted by Crippen LogP contribution is 2.23. The molecule has 3 rings (SSSR count). The number of alkyl halides is 3. The maximum atomic E-state index is 12.4. The fourth-order valence-corrected chi connectivity index (χ4v) is 4.57. The minimum atomic E-state index is -4.49. The second-order valence-electron chi connectivity index (χ2n) is 7.25. The van der Waals surface area contributed by atoms with Crippen molar-refractivity contribution < 1.29 is 21.6 Å². The molecule has 1 aromatic carbocycles. The first-order valence-electron chi connectivity index (χ1n) is 9.51. The lowest BCUT2D eigenvalue weighted by molar-refractivity contribution is -0.130. The van der Waals surface area contributed by atoms with E-state index in [0.717, 1.165) is 21.2 Å². The average molecular weight is 443 g/mol. The first kappa shape index (κ1) is 22.3. The van der Waals surface area contributed by atoms with Crippen LogP contribution in [0.25, 0.3) is 0 Å². The van der Waals surface area contributed by atoms with Crippen molar-refractivity contribution in [3.8, 4) is 0 Å². The van der Waals surface area contributed by atoms with Crippen LogP contribution in [0.2, 0.25) is 0 Å². The molecule has 0 aliphatic carbocycles. The molecule has 2 heterocycles. The van der Waals surface area contributed by atoms with Gasteiger partial charge in [-0.3, -0.25) is 0 Å². The molecule has 2 aromatic rings. The zero-order chi connectivity index (χ0) is 21.9. The van der Waals surface area contributed by atoms with E-state index in [0.29, 0.717) is 24.9 Å². The van der Waals surface area contributed by atoms with Gasteiger partial charge in [0.05, 0.1) is 12.2 Å². The molecular formula is C19H24F3N5O2S. The molecule has 164 valence electrons. The van der Waals surface area contributed by atoms with Crippen molar-refractivity contribution in [3.05, 3.63) is 41.6 Å². The number of aromatic nitrogens is 2. The maximum absolute atomic E-state index is 12.4. The van der Waals surface area contributed by atoms with Crippen LogP contribution < -0.4 is 10.2 Å². The number of nitrogens with one attached hydrogen (secondary N) is 1. The van der Waals surface area contributed by atoms with Crippen molar-refractivity contribution in [1.82, 2.24) is 14.3 Å². The van der Waals surface area contributed by atoms with Crippen LogP contribution in [0.5, 0.6) is 0 Å². The molecule has 1 aromatic heterocycles. The van der Waals surface area contributed by atoms with Gasteiger partial charge in [-0.15, -0.1) is 0 Å². The van der Waals surface area contributed by atoms with Gasteiger partial charge in [0.25, 0.3) is 0 Å². The number of hydrogen-bond acceptors (Lipinski definition) is 6. The molecule has 1 saturated heterocycles. The smallest absolute Gasteiger partial charge is 0.354 e. The molecule has 7 nitrogen and oxygen atoms in total. The number of hydrogen-bond donors (Lipinski definition) is 1. The number of benzene rings is 1. The van der Waals surface area contributed by atoms with Gasteiger partial charge in [-0.1, -0.05) is 17.7 Å². The quantitative estimate of drug-likeness (QED) is 0.739. The lowest BCUT2D eigenvalue weighted by Gasteiger charge is -2.34. The Kier molecular flexibility index (Phi) is 6.51. The van der Waals surface area contributed by atoms with Crippen molar-refractivity contribution >= 4 is 27.5 Å². The lowest BCUT2D eigenvalue weighted by Crippen LogP contribution is -2.49. The SMILES string of the molecule is Cc1ccc(Nc2nc(C)cc(N3CCN(S(=O)(=O)CCC(F)(F)F)CC3)n2)cc1. The van der Waals surface area contributed by atoms with Gasteiger partial charge in [-0.2, -0.15) is 22.5 Å². The zero-order valence-electron chi connectivity index (χ0n) is 16.8. The molecule has 11 heteroatoms. The van der Waals surface area contributed by atoms with Gasteiger partial charge in [0.1, 0.15) is 5.82 Å². The number of sulfonamides is 1. The van der Waals surface area contributed by atoms with Crippen LogP contribution in [-0.2, 0) is 10.0 Å². The molecule has 1 aliphatic rings.